The smallest absolute Gasteiger partial charge is 0.336 e. The van der Waals surface area contributed by atoms with Crippen molar-refractivity contribution in [3.63, 3.8) is 0 Å². The molecule has 1 aliphatic rings. The quantitative estimate of drug-likeness (QED) is 0.661. The fourth-order valence-electron chi connectivity index (χ4n) is 3.92. The number of nitrogens with one attached hydrogen (secondary N) is 1. The average Bonchev–Trinajstić information content (AvgIpc) is 2.84. The Labute approximate surface area is 172 Å². The Hall–Kier alpha value is -1.89. The van der Waals surface area contributed by atoms with Crippen molar-refractivity contribution in [2.24, 2.45) is 0 Å². The van der Waals surface area contributed by atoms with Gasteiger partial charge in [-0.25, -0.2) is 9.36 Å². The van der Waals surface area contributed by atoms with E-state index >= 15 is 0 Å². The molecule has 0 amide bonds. The van der Waals surface area contributed by atoms with Crippen molar-refractivity contribution >= 4 is 33.2 Å². The maximum absolute atomic E-state index is 13.5. The normalized spacial score (nSPS) is 14.4. The summed E-state index contributed by atoms with van der Waals surface area (Å²) < 4.78 is 3.10. The number of fused-ring (bicyclic) bond motifs is 3. The maximum Gasteiger partial charge on any atom is 0.336 e. The van der Waals surface area contributed by atoms with Gasteiger partial charge >= 0.3 is 5.69 Å². The lowest BCUT2D eigenvalue weighted by atomic mass is 10.1. The molecule has 1 aliphatic carbocycles. The lowest BCUT2D eigenvalue weighted by Crippen LogP contribution is -3.06. The van der Waals surface area contributed by atoms with E-state index in [4.69, 9.17) is 11.6 Å². The molecule has 0 bridgehead atoms. The molecule has 1 aromatic carbocycles. The van der Waals surface area contributed by atoms with Crippen molar-refractivity contribution in [2.45, 2.75) is 38.6 Å². The van der Waals surface area contributed by atoms with Gasteiger partial charge in [-0.05, 0) is 49.4 Å². The van der Waals surface area contributed by atoms with Crippen LogP contribution in [0.4, 0.5) is 0 Å². The summed E-state index contributed by atoms with van der Waals surface area (Å²) in [6.45, 7) is 1.39. The van der Waals surface area contributed by atoms with Crippen LogP contribution in [-0.2, 0) is 19.4 Å². The molecule has 5 nitrogen and oxygen atoms in total. The summed E-state index contributed by atoms with van der Waals surface area (Å²) in [4.78, 5) is 30.3. The largest absolute Gasteiger partial charge is 0.338 e. The van der Waals surface area contributed by atoms with E-state index in [-0.39, 0.29) is 11.2 Å². The topological polar surface area (TPSA) is 48.4 Å². The highest BCUT2D eigenvalue weighted by atomic mass is 35.5. The second kappa shape index (κ2) is 7.85. The van der Waals surface area contributed by atoms with Gasteiger partial charge < -0.3 is 4.90 Å². The number of benzene rings is 1. The lowest BCUT2D eigenvalue weighted by Gasteiger charge is -2.14. The van der Waals surface area contributed by atoms with Crippen LogP contribution in [-0.4, -0.2) is 29.8 Å². The van der Waals surface area contributed by atoms with Crippen LogP contribution in [0.15, 0.2) is 33.9 Å². The van der Waals surface area contributed by atoms with E-state index in [1.54, 1.807) is 40.2 Å². The van der Waals surface area contributed by atoms with Crippen molar-refractivity contribution in [1.29, 1.82) is 0 Å². The van der Waals surface area contributed by atoms with Gasteiger partial charge in [0.15, 0.2) is 0 Å². The third kappa shape index (κ3) is 3.45. The van der Waals surface area contributed by atoms with Gasteiger partial charge in [0.1, 0.15) is 4.83 Å². The van der Waals surface area contributed by atoms with Crippen molar-refractivity contribution in [3.05, 3.63) is 60.6 Å². The van der Waals surface area contributed by atoms with Crippen LogP contribution in [0.1, 0.15) is 29.7 Å². The summed E-state index contributed by atoms with van der Waals surface area (Å²) in [7, 11) is 4.14. The molecular weight excluding hydrogens is 394 g/mol. The molecule has 2 heterocycles. The minimum Gasteiger partial charge on any atom is -0.338 e. The predicted octanol–water partition coefficient (Wildman–Crippen LogP) is 2.28. The molecule has 28 heavy (non-hydrogen) atoms. The first-order valence-electron chi connectivity index (χ1n) is 9.82. The van der Waals surface area contributed by atoms with Gasteiger partial charge in [0.2, 0.25) is 0 Å². The SMILES string of the molecule is C[NH+](C)CCn1c(=O)n(-c2cccc(Cl)c2)c(=O)c2c3c(sc21)CCCCC3. The Balaban J connectivity index is 2.05. The predicted molar refractivity (Wildman–Crippen MR) is 116 cm³/mol. The van der Waals surface area contributed by atoms with Gasteiger partial charge in [-0.15, -0.1) is 11.3 Å². The zero-order valence-corrected chi connectivity index (χ0v) is 17.8. The van der Waals surface area contributed by atoms with Gasteiger partial charge in [-0.2, -0.15) is 0 Å². The van der Waals surface area contributed by atoms with Crippen molar-refractivity contribution in [2.75, 3.05) is 20.6 Å². The number of aromatic nitrogens is 2. The highest BCUT2D eigenvalue weighted by Crippen LogP contribution is 2.33. The number of hydrogen-bond acceptors (Lipinski definition) is 3. The number of quaternary nitrogens is 1. The monoisotopic (exact) mass is 418 g/mol. The van der Waals surface area contributed by atoms with E-state index in [0.29, 0.717) is 17.3 Å². The number of likely N-dealkylation sites (N-methyl/N-ethyl adjacent to an activating group) is 1. The molecule has 0 fully saturated rings. The molecule has 2 aromatic heterocycles. The molecule has 0 spiro atoms. The van der Waals surface area contributed by atoms with Gasteiger partial charge in [0, 0.05) is 9.90 Å². The van der Waals surface area contributed by atoms with E-state index in [0.717, 1.165) is 48.0 Å². The lowest BCUT2D eigenvalue weighted by molar-refractivity contribution is -0.858. The van der Waals surface area contributed by atoms with Crippen LogP contribution in [0, 0.1) is 0 Å². The van der Waals surface area contributed by atoms with Gasteiger partial charge in [-0.1, -0.05) is 24.1 Å². The summed E-state index contributed by atoms with van der Waals surface area (Å²) in [5.41, 5.74) is 1.20. The minimum atomic E-state index is -0.280. The fraction of sp³-hybridized carbons (Fsp3) is 0.429. The summed E-state index contributed by atoms with van der Waals surface area (Å²) in [6.07, 6.45) is 5.34. The summed E-state index contributed by atoms with van der Waals surface area (Å²) in [5.74, 6) is 0. The Morgan fingerprint density at radius 1 is 1.14 bits per heavy atom. The van der Waals surface area contributed by atoms with E-state index in [9.17, 15) is 9.59 Å². The highest BCUT2D eigenvalue weighted by molar-refractivity contribution is 7.18. The molecule has 0 saturated carbocycles. The van der Waals surface area contributed by atoms with Crippen molar-refractivity contribution in [3.8, 4) is 5.69 Å². The van der Waals surface area contributed by atoms with E-state index in [2.05, 4.69) is 14.1 Å². The van der Waals surface area contributed by atoms with Crippen LogP contribution in [0.3, 0.4) is 0 Å². The summed E-state index contributed by atoms with van der Waals surface area (Å²) >= 11 is 7.79. The Morgan fingerprint density at radius 2 is 1.93 bits per heavy atom. The standard InChI is InChI=1S/C21H24ClN3O2S/c1-23(2)11-12-24-20-18(16-9-4-3-5-10-17(16)28-20)19(26)25(21(24)27)15-8-6-7-14(22)13-15/h6-8,13H,3-5,9-12H2,1-2H3/p+1. The molecule has 3 aromatic rings. The first-order chi connectivity index (χ1) is 13.5. The van der Waals surface area contributed by atoms with Gasteiger partial charge in [0.05, 0.1) is 38.3 Å². The van der Waals surface area contributed by atoms with Crippen LogP contribution in [0.5, 0.6) is 0 Å². The number of rotatable bonds is 4. The highest BCUT2D eigenvalue weighted by Gasteiger charge is 2.23. The number of halogens is 1. The maximum atomic E-state index is 13.5. The van der Waals surface area contributed by atoms with Crippen LogP contribution >= 0.6 is 22.9 Å². The van der Waals surface area contributed by atoms with Crippen LogP contribution < -0.4 is 16.1 Å². The second-order valence-corrected chi connectivity index (χ2v) is 9.28. The van der Waals surface area contributed by atoms with E-state index in [1.165, 1.54) is 20.8 Å². The average molecular weight is 419 g/mol. The van der Waals surface area contributed by atoms with E-state index < -0.39 is 0 Å². The van der Waals surface area contributed by atoms with E-state index in [1.807, 2.05) is 0 Å². The van der Waals surface area contributed by atoms with Crippen molar-refractivity contribution in [1.82, 2.24) is 9.13 Å². The molecule has 7 heteroatoms. The Bertz CT molecular complexity index is 1140. The molecule has 1 N–H and O–H groups in total. The number of nitrogens with zero attached hydrogens (tertiary/aromatic N) is 2. The molecule has 148 valence electrons. The third-order valence-electron chi connectivity index (χ3n) is 5.39. The Kier molecular flexibility index (Phi) is 5.45. The first-order valence-corrected chi connectivity index (χ1v) is 11.0. The second-order valence-electron chi connectivity index (χ2n) is 7.76. The minimum absolute atomic E-state index is 0.213. The summed E-state index contributed by atoms with van der Waals surface area (Å²) in [5, 5.41) is 1.24. The molecule has 0 radical (unpaired) electrons. The summed E-state index contributed by atoms with van der Waals surface area (Å²) in [6, 6.07) is 6.98. The zero-order valence-electron chi connectivity index (χ0n) is 16.3. The molecule has 4 rings (SSSR count). The molecular formula is C21H25ClN3O2S+. The Morgan fingerprint density at radius 3 is 2.68 bits per heavy atom. The fourth-order valence-corrected chi connectivity index (χ4v) is 5.50. The van der Waals surface area contributed by atoms with Crippen molar-refractivity contribution < 1.29 is 4.90 Å². The van der Waals surface area contributed by atoms with Gasteiger partial charge in [0.25, 0.3) is 5.56 Å². The molecule has 0 unspecified atom stereocenters. The first kappa shape index (κ1) is 19.4. The molecule has 0 aliphatic heterocycles. The molecule has 0 atom stereocenters. The number of hydrogen-bond donors (Lipinski definition) is 1. The zero-order chi connectivity index (χ0) is 19.8. The third-order valence-corrected chi connectivity index (χ3v) is 6.94. The van der Waals surface area contributed by atoms with Crippen LogP contribution in [0.25, 0.3) is 15.9 Å². The van der Waals surface area contributed by atoms with Gasteiger partial charge in [-0.3, -0.25) is 9.36 Å². The molecule has 0 saturated heterocycles. The van der Waals surface area contributed by atoms with Crippen LogP contribution in [0.2, 0.25) is 5.02 Å². The number of thiophene rings is 1. The number of aryl methyl sites for hydroxylation is 2.